The van der Waals surface area contributed by atoms with Gasteiger partial charge in [0, 0.05) is 13.3 Å². The predicted molar refractivity (Wildman–Crippen MR) is 86.3 cm³/mol. The Labute approximate surface area is 131 Å². The molecule has 0 saturated heterocycles. The summed E-state index contributed by atoms with van der Waals surface area (Å²) in [6, 6.07) is 12.7. The summed E-state index contributed by atoms with van der Waals surface area (Å²) >= 11 is 0. The molecule has 0 aliphatic rings. The Morgan fingerprint density at radius 2 is 1.50 bits per heavy atom. The number of aryl methyl sites for hydroxylation is 1. The Kier molecular flexibility index (Phi) is 4.30. The molecule has 0 fully saturated rings. The van der Waals surface area contributed by atoms with Crippen LogP contribution in [0, 0.1) is 6.92 Å². The van der Waals surface area contributed by atoms with Crippen LogP contribution in [0.1, 0.15) is 5.56 Å². The molecule has 118 valence electrons. The van der Waals surface area contributed by atoms with Crippen molar-refractivity contribution in [2.45, 2.75) is 16.7 Å². The molecule has 2 rings (SSSR count). The number of sulfonamides is 1. The summed E-state index contributed by atoms with van der Waals surface area (Å²) in [5, 5.41) is 0. The molecular formula is C15H17NO4S2. The normalized spacial score (nSPS) is 12.1. The Morgan fingerprint density at radius 3 is 2.05 bits per heavy atom. The van der Waals surface area contributed by atoms with Crippen molar-refractivity contribution in [1.29, 1.82) is 0 Å². The van der Waals surface area contributed by atoms with Crippen molar-refractivity contribution < 1.29 is 16.8 Å². The van der Waals surface area contributed by atoms with E-state index in [9.17, 15) is 16.8 Å². The molecule has 0 bridgehead atoms. The van der Waals surface area contributed by atoms with Crippen molar-refractivity contribution in [2.75, 3.05) is 17.6 Å². The third-order valence-corrected chi connectivity index (χ3v) is 6.38. The van der Waals surface area contributed by atoms with E-state index in [1.807, 2.05) is 0 Å². The molecule has 2 aromatic carbocycles. The van der Waals surface area contributed by atoms with Gasteiger partial charge in [-0.2, -0.15) is 0 Å². The van der Waals surface area contributed by atoms with Gasteiger partial charge in [0.2, 0.25) is 0 Å². The van der Waals surface area contributed by atoms with Gasteiger partial charge in [-0.3, -0.25) is 4.31 Å². The minimum atomic E-state index is -3.84. The second-order valence-corrected chi connectivity index (χ2v) is 8.96. The predicted octanol–water partition coefficient (Wildman–Crippen LogP) is 2.22. The number of hydrogen-bond donors (Lipinski definition) is 0. The van der Waals surface area contributed by atoms with E-state index in [1.165, 1.54) is 25.2 Å². The summed E-state index contributed by atoms with van der Waals surface area (Å²) < 4.78 is 50.0. The summed E-state index contributed by atoms with van der Waals surface area (Å²) in [5.74, 6) is 0. The molecule has 0 N–H and O–H groups in total. The molecule has 2 aromatic rings. The topological polar surface area (TPSA) is 71.5 Å². The van der Waals surface area contributed by atoms with Crippen molar-refractivity contribution in [3.63, 3.8) is 0 Å². The second kappa shape index (κ2) is 5.73. The molecule has 0 aliphatic carbocycles. The largest absolute Gasteiger partial charge is 0.269 e. The Hall–Kier alpha value is -1.86. The number of anilines is 1. The third-order valence-electron chi connectivity index (χ3n) is 3.35. The summed E-state index contributed by atoms with van der Waals surface area (Å²) in [6.07, 6.45) is 1.05. The van der Waals surface area contributed by atoms with Crippen molar-refractivity contribution >= 4 is 25.5 Å². The van der Waals surface area contributed by atoms with Crippen LogP contribution < -0.4 is 4.31 Å². The molecule has 0 amide bonds. The lowest BCUT2D eigenvalue weighted by Gasteiger charge is -2.21. The van der Waals surface area contributed by atoms with Crippen LogP contribution in [0.2, 0.25) is 0 Å². The number of benzene rings is 2. The number of sulfone groups is 1. The molecule has 0 saturated carbocycles. The van der Waals surface area contributed by atoms with Gasteiger partial charge in [-0.1, -0.05) is 24.3 Å². The van der Waals surface area contributed by atoms with Crippen molar-refractivity contribution in [3.05, 3.63) is 54.1 Å². The zero-order valence-electron chi connectivity index (χ0n) is 12.5. The molecule has 0 aliphatic heterocycles. The van der Waals surface area contributed by atoms with Crippen molar-refractivity contribution in [3.8, 4) is 0 Å². The lowest BCUT2D eigenvalue weighted by molar-refractivity contribution is 0.593. The third kappa shape index (κ3) is 3.15. The van der Waals surface area contributed by atoms with E-state index in [0.717, 1.165) is 10.6 Å². The van der Waals surface area contributed by atoms with Crippen molar-refractivity contribution in [1.82, 2.24) is 0 Å². The molecule has 0 aromatic heterocycles. The molecule has 0 unspecified atom stereocenters. The van der Waals surface area contributed by atoms with E-state index in [0.29, 0.717) is 11.3 Å². The van der Waals surface area contributed by atoms with Gasteiger partial charge in [0.05, 0.1) is 15.5 Å². The van der Waals surface area contributed by atoms with E-state index in [1.54, 1.807) is 37.3 Å². The van der Waals surface area contributed by atoms with Gasteiger partial charge in [-0.05, 0) is 36.8 Å². The zero-order valence-corrected chi connectivity index (χ0v) is 14.1. The number of nitrogens with zero attached hydrogens (tertiary/aromatic N) is 1. The van der Waals surface area contributed by atoms with Gasteiger partial charge in [-0.15, -0.1) is 0 Å². The van der Waals surface area contributed by atoms with Crippen LogP contribution in [0.25, 0.3) is 0 Å². The lowest BCUT2D eigenvalue weighted by Crippen LogP contribution is -2.27. The maximum Gasteiger partial charge on any atom is 0.264 e. The highest BCUT2D eigenvalue weighted by atomic mass is 32.2. The first-order valence-electron chi connectivity index (χ1n) is 6.49. The smallest absolute Gasteiger partial charge is 0.264 e. The molecule has 7 heteroatoms. The summed E-state index contributed by atoms with van der Waals surface area (Å²) in [5.41, 5.74) is 1.00. The Morgan fingerprint density at radius 1 is 0.909 bits per heavy atom. The molecular weight excluding hydrogens is 322 g/mol. The lowest BCUT2D eigenvalue weighted by atomic mass is 10.2. The molecule has 0 atom stereocenters. The van der Waals surface area contributed by atoms with E-state index in [4.69, 9.17) is 0 Å². The minimum Gasteiger partial charge on any atom is -0.269 e. The average Bonchev–Trinajstić information content (AvgIpc) is 2.46. The van der Waals surface area contributed by atoms with Gasteiger partial charge in [-0.25, -0.2) is 16.8 Å². The maximum atomic E-state index is 12.8. The van der Waals surface area contributed by atoms with Gasteiger partial charge in [0.1, 0.15) is 0 Å². The first-order chi connectivity index (χ1) is 10.1. The quantitative estimate of drug-likeness (QED) is 0.856. The molecule has 22 heavy (non-hydrogen) atoms. The SMILES string of the molecule is Cc1ccc(S(C)(=O)=O)cc1S(=O)(=O)N(C)c1ccccc1. The van der Waals surface area contributed by atoms with Crippen molar-refractivity contribution in [2.24, 2.45) is 0 Å². The highest BCUT2D eigenvalue weighted by molar-refractivity contribution is 7.93. The first kappa shape index (κ1) is 16.5. The number of para-hydroxylation sites is 1. The van der Waals surface area contributed by atoms with Crippen LogP contribution in [-0.2, 0) is 19.9 Å². The zero-order chi connectivity index (χ0) is 16.5. The maximum absolute atomic E-state index is 12.8. The standard InChI is InChI=1S/C15H17NO4S2/c1-12-9-10-14(21(3,17)18)11-15(12)22(19,20)16(2)13-7-5-4-6-8-13/h4-11H,1-3H3. The van der Waals surface area contributed by atoms with E-state index < -0.39 is 19.9 Å². The fourth-order valence-corrected chi connectivity index (χ4v) is 4.18. The van der Waals surface area contributed by atoms with E-state index in [2.05, 4.69) is 0 Å². The average molecular weight is 339 g/mol. The van der Waals surface area contributed by atoms with Gasteiger partial charge in [0.15, 0.2) is 9.84 Å². The highest BCUT2D eigenvalue weighted by Crippen LogP contribution is 2.26. The van der Waals surface area contributed by atoms with Gasteiger partial charge < -0.3 is 0 Å². The Bertz CT molecular complexity index is 888. The summed E-state index contributed by atoms with van der Waals surface area (Å²) in [7, 11) is -5.87. The number of rotatable bonds is 4. The van der Waals surface area contributed by atoms with Crippen LogP contribution in [0.5, 0.6) is 0 Å². The highest BCUT2D eigenvalue weighted by Gasteiger charge is 2.24. The Balaban J connectivity index is 2.59. The summed E-state index contributed by atoms with van der Waals surface area (Å²) in [4.78, 5) is -0.0279. The van der Waals surface area contributed by atoms with Crippen LogP contribution in [-0.4, -0.2) is 30.1 Å². The fourth-order valence-electron chi connectivity index (χ4n) is 2.01. The first-order valence-corrected chi connectivity index (χ1v) is 9.82. The second-order valence-electron chi connectivity index (χ2n) is 5.01. The van der Waals surface area contributed by atoms with Gasteiger partial charge in [0.25, 0.3) is 10.0 Å². The van der Waals surface area contributed by atoms with Crippen LogP contribution in [0.3, 0.4) is 0 Å². The van der Waals surface area contributed by atoms with Crippen LogP contribution >= 0.6 is 0 Å². The van der Waals surface area contributed by atoms with Crippen LogP contribution in [0.15, 0.2) is 58.3 Å². The van der Waals surface area contributed by atoms with E-state index in [-0.39, 0.29) is 9.79 Å². The summed E-state index contributed by atoms with van der Waals surface area (Å²) in [6.45, 7) is 1.64. The fraction of sp³-hybridized carbons (Fsp3) is 0.200. The van der Waals surface area contributed by atoms with Crippen LogP contribution in [0.4, 0.5) is 5.69 Å². The van der Waals surface area contributed by atoms with Gasteiger partial charge >= 0.3 is 0 Å². The molecule has 0 spiro atoms. The van der Waals surface area contributed by atoms with E-state index >= 15 is 0 Å². The monoisotopic (exact) mass is 339 g/mol. The number of hydrogen-bond acceptors (Lipinski definition) is 4. The molecule has 0 heterocycles. The minimum absolute atomic E-state index is 0.0122. The molecule has 5 nitrogen and oxygen atoms in total. The molecule has 0 radical (unpaired) electrons.